The van der Waals surface area contributed by atoms with E-state index >= 15 is 0 Å². The Morgan fingerprint density at radius 2 is 1.73 bits per heavy atom. The van der Waals surface area contributed by atoms with Crippen molar-refractivity contribution in [2.75, 3.05) is 7.11 Å². The van der Waals surface area contributed by atoms with Crippen molar-refractivity contribution in [1.82, 2.24) is 5.01 Å². The highest BCUT2D eigenvalue weighted by molar-refractivity contribution is 5.79. The van der Waals surface area contributed by atoms with E-state index in [0.29, 0.717) is 0 Å². The molecular weight excluding hydrogens is 433 g/mol. The number of hydrogen-bond acceptors (Lipinski definition) is 4. The van der Waals surface area contributed by atoms with Crippen molar-refractivity contribution in [2.45, 2.75) is 77.8 Å². The molecule has 0 bridgehead atoms. The number of allylic oxidation sites excluding steroid dienone is 3. The van der Waals surface area contributed by atoms with Gasteiger partial charge < -0.3 is 9.84 Å². The molecule has 8 heteroatoms. The van der Waals surface area contributed by atoms with Gasteiger partial charge in [0.1, 0.15) is 0 Å². The third kappa shape index (κ3) is 11.3. The number of alkyl halides is 3. The van der Waals surface area contributed by atoms with E-state index in [9.17, 15) is 23.1 Å². The summed E-state index contributed by atoms with van der Waals surface area (Å²) in [6.07, 6.45) is 4.59. The normalized spacial score (nSPS) is 14.8. The largest absolute Gasteiger partial charge is 0.438 e. The summed E-state index contributed by atoms with van der Waals surface area (Å²) in [6.45, 7) is 7.16. The van der Waals surface area contributed by atoms with Crippen molar-refractivity contribution >= 4 is 12.1 Å². The van der Waals surface area contributed by atoms with Crippen LogP contribution in [0.5, 0.6) is 0 Å². The summed E-state index contributed by atoms with van der Waals surface area (Å²) in [6, 6.07) is 8.89. The van der Waals surface area contributed by atoms with Crippen LogP contribution in [0.1, 0.15) is 58.9 Å². The highest BCUT2D eigenvalue weighted by Crippen LogP contribution is 2.36. The molecule has 0 spiro atoms. The van der Waals surface area contributed by atoms with Crippen LogP contribution in [-0.4, -0.2) is 47.4 Å². The van der Waals surface area contributed by atoms with E-state index in [1.165, 1.54) is 26.0 Å². The summed E-state index contributed by atoms with van der Waals surface area (Å²) in [4.78, 5) is 12.5. The van der Waals surface area contributed by atoms with Crippen LogP contribution in [0.2, 0.25) is 0 Å². The molecule has 1 rings (SSSR count). The van der Waals surface area contributed by atoms with Gasteiger partial charge in [0, 0.05) is 26.2 Å². The molecule has 2 atom stereocenters. The van der Waals surface area contributed by atoms with Crippen molar-refractivity contribution in [3.8, 4) is 0 Å². The van der Waals surface area contributed by atoms with E-state index in [4.69, 9.17) is 4.74 Å². The number of nitrogens with zero attached hydrogens (tertiary/aromatic N) is 2. The lowest BCUT2D eigenvalue weighted by Crippen LogP contribution is -2.58. The zero-order valence-electron chi connectivity index (χ0n) is 20.2. The Morgan fingerprint density at radius 1 is 1.15 bits per heavy atom. The number of hydrogen-bond donors (Lipinski definition) is 1. The molecule has 0 aliphatic carbocycles. The summed E-state index contributed by atoms with van der Waals surface area (Å²) < 4.78 is 45.2. The number of benzene rings is 1. The van der Waals surface area contributed by atoms with Crippen LogP contribution in [0.25, 0.3) is 0 Å². The van der Waals surface area contributed by atoms with Crippen molar-refractivity contribution < 1.29 is 27.8 Å². The van der Waals surface area contributed by atoms with Crippen molar-refractivity contribution in [3.63, 3.8) is 0 Å². The maximum atomic E-state index is 13.4. The Labute approximate surface area is 195 Å². The average Bonchev–Trinajstić information content (AvgIpc) is 2.80. The Bertz CT molecular complexity index is 743. The molecule has 0 saturated heterocycles. The predicted octanol–water partition coefficient (Wildman–Crippen LogP) is 6.05. The fourth-order valence-electron chi connectivity index (χ4n) is 2.56. The first-order chi connectivity index (χ1) is 15.6. The number of ether oxygens (including phenoxy) is 1. The number of carbonyl (C=O) groups is 1. The standard InChI is InChI=1S/C19H25F3N2O3.C6H12/c1-4-18(26,19(20,21)22)24(23-14-8-9-15(2)27-3)17(25)13-12-16-10-6-5-7-11-16;1-3-5-6-4-2/h5-11,14-15,26H,4,12-13H2,1-3H3;5-6H,3-4H2,1-2H3/b9-8+,23-14+;6-5-. The molecule has 0 aliphatic heterocycles. The van der Waals surface area contributed by atoms with Gasteiger partial charge in [0.15, 0.2) is 0 Å². The number of carbonyl (C=O) groups excluding carboxylic acids is 1. The van der Waals surface area contributed by atoms with Gasteiger partial charge in [0.2, 0.25) is 5.91 Å². The smallest absolute Gasteiger partial charge is 0.378 e. The summed E-state index contributed by atoms with van der Waals surface area (Å²) in [5.41, 5.74) is -2.58. The minimum atomic E-state index is -5.05. The summed E-state index contributed by atoms with van der Waals surface area (Å²) in [5.74, 6) is -0.926. The average molecular weight is 471 g/mol. The second-order valence-electron chi connectivity index (χ2n) is 7.24. The van der Waals surface area contributed by atoms with Crippen molar-refractivity contribution in [1.29, 1.82) is 0 Å². The monoisotopic (exact) mass is 470 g/mol. The van der Waals surface area contributed by atoms with Gasteiger partial charge in [-0.1, -0.05) is 69.3 Å². The lowest BCUT2D eigenvalue weighted by atomic mass is 10.1. The topological polar surface area (TPSA) is 62.1 Å². The van der Waals surface area contributed by atoms with Crippen LogP contribution in [0.3, 0.4) is 0 Å². The quantitative estimate of drug-likeness (QED) is 0.185. The SMILES string of the molecule is CC/C=C\CC.CCC(O)(N(/N=C/C=C/C(C)OC)C(=O)CCc1ccccc1)C(F)(F)F. The number of rotatable bonds is 11. The van der Waals surface area contributed by atoms with E-state index in [2.05, 4.69) is 31.1 Å². The van der Waals surface area contributed by atoms with Crippen LogP contribution in [0, 0.1) is 0 Å². The molecule has 0 aliphatic rings. The second kappa shape index (κ2) is 16.2. The third-order valence-electron chi connectivity index (χ3n) is 4.66. The molecule has 0 fully saturated rings. The molecule has 0 radical (unpaired) electrons. The third-order valence-corrected chi connectivity index (χ3v) is 4.66. The molecule has 5 nitrogen and oxygen atoms in total. The molecule has 1 aromatic rings. The highest BCUT2D eigenvalue weighted by atomic mass is 19.4. The van der Waals surface area contributed by atoms with Gasteiger partial charge in [0.25, 0.3) is 5.72 Å². The first-order valence-corrected chi connectivity index (χ1v) is 11.1. The van der Waals surface area contributed by atoms with E-state index in [-0.39, 0.29) is 24.0 Å². The molecule has 2 unspecified atom stereocenters. The summed E-state index contributed by atoms with van der Waals surface area (Å²) >= 11 is 0. The second-order valence-corrected chi connectivity index (χ2v) is 7.24. The maximum Gasteiger partial charge on any atom is 0.438 e. The number of halogens is 3. The molecule has 0 aromatic heterocycles. The Hall–Kier alpha value is -2.45. The van der Waals surface area contributed by atoms with Gasteiger partial charge in [-0.2, -0.15) is 23.3 Å². The molecule has 0 heterocycles. The fraction of sp³-hybridized carbons (Fsp3) is 0.520. The van der Waals surface area contributed by atoms with Crippen molar-refractivity contribution in [2.24, 2.45) is 5.10 Å². The highest BCUT2D eigenvalue weighted by Gasteiger charge is 2.58. The zero-order valence-corrected chi connectivity index (χ0v) is 20.2. The number of aryl methyl sites for hydroxylation is 1. The minimum absolute atomic E-state index is 0.123. The van der Waals surface area contributed by atoms with Crippen LogP contribution >= 0.6 is 0 Å². The van der Waals surface area contributed by atoms with Gasteiger partial charge in [-0.25, -0.2) is 0 Å². The van der Waals surface area contributed by atoms with Crippen LogP contribution in [-0.2, 0) is 16.0 Å². The number of aliphatic hydroxyl groups is 1. The fourth-order valence-corrected chi connectivity index (χ4v) is 2.56. The maximum absolute atomic E-state index is 13.4. The van der Waals surface area contributed by atoms with Crippen molar-refractivity contribution in [3.05, 3.63) is 60.2 Å². The molecule has 1 aromatic carbocycles. The van der Waals surface area contributed by atoms with Crippen LogP contribution in [0.4, 0.5) is 13.2 Å². The molecular formula is C25H37F3N2O3. The molecule has 186 valence electrons. The lowest BCUT2D eigenvalue weighted by Gasteiger charge is -2.36. The predicted molar refractivity (Wildman–Crippen MR) is 127 cm³/mol. The van der Waals surface area contributed by atoms with Gasteiger partial charge in [-0.15, -0.1) is 0 Å². The Kier molecular flexibility index (Phi) is 15.0. The minimum Gasteiger partial charge on any atom is -0.378 e. The number of hydrazone groups is 1. The van der Waals surface area contributed by atoms with E-state index in [1.54, 1.807) is 43.3 Å². The first-order valence-electron chi connectivity index (χ1n) is 11.1. The molecule has 1 amide bonds. The van der Waals surface area contributed by atoms with E-state index in [1.807, 2.05) is 0 Å². The van der Waals surface area contributed by atoms with Gasteiger partial charge in [-0.05, 0) is 37.8 Å². The number of amides is 1. The summed E-state index contributed by atoms with van der Waals surface area (Å²) in [5, 5.41) is 13.9. The zero-order chi connectivity index (χ0) is 25.3. The van der Waals surface area contributed by atoms with E-state index in [0.717, 1.165) is 18.7 Å². The van der Waals surface area contributed by atoms with Gasteiger partial charge in [-0.3, -0.25) is 4.79 Å². The van der Waals surface area contributed by atoms with Gasteiger partial charge in [0.05, 0.1) is 6.10 Å². The lowest BCUT2D eigenvalue weighted by molar-refractivity contribution is -0.311. The first kappa shape index (κ1) is 30.6. The Morgan fingerprint density at radius 3 is 2.18 bits per heavy atom. The number of methoxy groups -OCH3 is 1. The molecule has 33 heavy (non-hydrogen) atoms. The molecule has 1 N–H and O–H groups in total. The van der Waals surface area contributed by atoms with Crippen LogP contribution < -0.4 is 0 Å². The van der Waals surface area contributed by atoms with E-state index < -0.39 is 24.2 Å². The Balaban J connectivity index is 0.00000150. The summed E-state index contributed by atoms with van der Waals surface area (Å²) in [7, 11) is 1.48. The molecule has 0 saturated carbocycles. The van der Waals surface area contributed by atoms with Gasteiger partial charge >= 0.3 is 6.18 Å². The van der Waals surface area contributed by atoms with Crippen LogP contribution in [0.15, 0.2) is 59.7 Å².